The average molecular weight is 445 g/mol. The van der Waals surface area contributed by atoms with Crippen LogP contribution in [-0.4, -0.2) is 54.4 Å². The molecule has 0 aliphatic carbocycles. The van der Waals surface area contributed by atoms with Crippen molar-refractivity contribution in [1.29, 1.82) is 0 Å². The summed E-state index contributed by atoms with van der Waals surface area (Å²) in [6, 6.07) is 7.39. The molecule has 170 valence electrons. The van der Waals surface area contributed by atoms with Crippen molar-refractivity contribution < 1.29 is 46.4 Å². The van der Waals surface area contributed by atoms with Gasteiger partial charge in [-0.1, -0.05) is 32.0 Å². The molecule has 2 saturated heterocycles. The van der Waals surface area contributed by atoms with Crippen molar-refractivity contribution in [3.8, 4) is 0 Å². The van der Waals surface area contributed by atoms with E-state index in [0.29, 0.717) is 0 Å². The van der Waals surface area contributed by atoms with E-state index in [0.717, 1.165) is 0 Å². The zero-order chi connectivity index (χ0) is 23.0. The summed E-state index contributed by atoms with van der Waals surface area (Å²) < 4.78 is 67.0. The topological polar surface area (TPSA) is 92.7 Å². The standard InChI is InChI=1S/C20H22F3NO7/c1-10(2)15(25)29-14-12-13(28-18(26)27-12)16(31-19(14,3)4)30-17(20(21,22)23)24-11-8-6-5-7-9-11/h5-10,12-14,16H,1-4H3/t12-,13+,14+,16-/m1/s1. The number of hydrogen-bond donors (Lipinski definition) is 0. The van der Waals surface area contributed by atoms with E-state index in [1.165, 1.54) is 38.1 Å². The number of rotatable bonds is 4. The summed E-state index contributed by atoms with van der Waals surface area (Å²) in [7, 11) is 0. The van der Waals surface area contributed by atoms with E-state index in [-0.39, 0.29) is 5.69 Å². The zero-order valence-corrected chi connectivity index (χ0v) is 17.2. The molecule has 1 aromatic rings. The molecule has 2 heterocycles. The van der Waals surface area contributed by atoms with Gasteiger partial charge in [0, 0.05) is 0 Å². The van der Waals surface area contributed by atoms with Crippen LogP contribution < -0.4 is 0 Å². The summed E-state index contributed by atoms with van der Waals surface area (Å²) in [6.45, 7) is 6.17. The van der Waals surface area contributed by atoms with Crippen LogP contribution in [0.4, 0.5) is 23.7 Å². The number of esters is 1. The molecular formula is C20H22F3NO7. The molecular weight excluding hydrogens is 423 g/mol. The van der Waals surface area contributed by atoms with E-state index in [9.17, 15) is 22.8 Å². The van der Waals surface area contributed by atoms with Gasteiger partial charge >= 0.3 is 18.3 Å². The highest BCUT2D eigenvalue weighted by Crippen LogP contribution is 2.39. The fourth-order valence-corrected chi connectivity index (χ4v) is 3.11. The van der Waals surface area contributed by atoms with Crippen LogP contribution in [0.3, 0.4) is 0 Å². The second kappa shape index (κ2) is 8.37. The molecule has 2 aliphatic heterocycles. The van der Waals surface area contributed by atoms with Crippen molar-refractivity contribution in [2.45, 2.75) is 64.1 Å². The highest BCUT2D eigenvalue weighted by molar-refractivity contribution is 5.84. The summed E-state index contributed by atoms with van der Waals surface area (Å²) in [6.07, 6.45) is -11.6. The first-order valence-corrected chi connectivity index (χ1v) is 9.51. The normalized spacial score (nSPS) is 27.9. The molecule has 8 nitrogen and oxygen atoms in total. The number of carbonyl (C=O) groups excluding carboxylic acids is 2. The molecule has 2 fully saturated rings. The van der Waals surface area contributed by atoms with E-state index >= 15 is 0 Å². The Labute approximate surface area is 176 Å². The summed E-state index contributed by atoms with van der Waals surface area (Å²) >= 11 is 0. The van der Waals surface area contributed by atoms with Gasteiger partial charge in [-0.3, -0.25) is 4.79 Å². The molecule has 3 rings (SSSR count). The van der Waals surface area contributed by atoms with Gasteiger partial charge in [-0.2, -0.15) is 13.2 Å². The second-order valence-corrected chi connectivity index (χ2v) is 7.88. The van der Waals surface area contributed by atoms with Gasteiger partial charge in [0.25, 0.3) is 5.90 Å². The molecule has 0 aromatic heterocycles. The number of nitrogens with zero attached hydrogens (tertiary/aromatic N) is 1. The molecule has 0 amide bonds. The van der Waals surface area contributed by atoms with Crippen LogP contribution in [0.2, 0.25) is 0 Å². The first-order valence-electron chi connectivity index (χ1n) is 9.51. The summed E-state index contributed by atoms with van der Waals surface area (Å²) in [4.78, 5) is 27.4. The highest BCUT2D eigenvalue weighted by atomic mass is 19.4. The molecule has 4 atom stereocenters. The number of hydrogen-bond acceptors (Lipinski definition) is 8. The van der Waals surface area contributed by atoms with Crippen LogP contribution in [0.1, 0.15) is 27.7 Å². The maximum atomic E-state index is 13.6. The van der Waals surface area contributed by atoms with Crippen molar-refractivity contribution in [1.82, 2.24) is 0 Å². The number of carbonyl (C=O) groups is 2. The summed E-state index contributed by atoms with van der Waals surface area (Å²) in [5, 5.41) is 0. The SMILES string of the molecule is CC(C)C(=O)O[C@H]1[C@@H]2OC(=O)O[C@@H]2[C@H](OC(=Nc2ccccc2)C(F)(F)F)OC1(C)C. The molecule has 1 aromatic carbocycles. The van der Waals surface area contributed by atoms with Crippen molar-refractivity contribution in [3.05, 3.63) is 30.3 Å². The maximum absolute atomic E-state index is 13.6. The highest BCUT2D eigenvalue weighted by Gasteiger charge is 2.61. The number of fused-ring (bicyclic) bond motifs is 1. The minimum atomic E-state index is -4.96. The molecule has 0 N–H and O–H groups in total. The Morgan fingerprint density at radius 2 is 1.71 bits per heavy atom. The van der Waals surface area contributed by atoms with Crippen LogP contribution in [0.5, 0.6) is 0 Å². The molecule has 0 bridgehead atoms. The molecule has 11 heteroatoms. The third kappa shape index (κ3) is 5.09. The predicted molar refractivity (Wildman–Crippen MR) is 99.5 cm³/mol. The van der Waals surface area contributed by atoms with Crippen molar-refractivity contribution in [3.63, 3.8) is 0 Å². The molecule has 2 aliphatic rings. The third-order valence-electron chi connectivity index (χ3n) is 4.63. The van der Waals surface area contributed by atoms with E-state index in [4.69, 9.17) is 23.7 Å². The molecule has 0 radical (unpaired) electrons. The van der Waals surface area contributed by atoms with Gasteiger partial charge in [-0.15, -0.1) is 0 Å². The molecule has 31 heavy (non-hydrogen) atoms. The maximum Gasteiger partial charge on any atom is 0.509 e. The van der Waals surface area contributed by atoms with Gasteiger partial charge in [0.05, 0.1) is 11.6 Å². The van der Waals surface area contributed by atoms with Crippen LogP contribution in [0.25, 0.3) is 0 Å². The largest absolute Gasteiger partial charge is 0.509 e. The number of benzene rings is 1. The van der Waals surface area contributed by atoms with E-state index in [1.54, 1.807) is 19.9 Å². The molecule has 0 saturated carbocycles. The predicted octanol–water partition coefficient (Wildman–Crippen LogP) is 3.90. The Bertz CT molecular complexity index is 854. The van der Waals surface area contributed by atoms with Gasteiger partial charge in [0.1, 0.15) is 5.60 Å². The lowest BCUT2D eigenvalue weighted by atomic mass is 9.89. The Morgan fingerprint density at radius 3 is 2.29 bits per heavy atom. The van der Waals surface area contributed by atoms with Crippen molar-refractivity contribution in [2.24, 2.45) is 10.9 Å². The van der Waals surface area contributed by atoms with Gasteiger partial charge in [-0.05, 0) is 26.0 Å². The van der Waals surface area contributed by atoms with Gasteiger partial charge < -0.3 is 23.7 Å². The smallest absolute Gasteiger partial charge is 0.455 e. The van der Waals surface area contributed by atoms with Gasteiger partial charge in [0.2, 0.25) is 12.4 Å². The van der Waals surface area contributed by atoms with Gasteiger partial charge in [-0.25, -0.2) is 9.79 Å². The first-order chi connectivity index (χ1) is 14.4. The van der Waals surface area contributed by atoms with E-state index in [2.05, 4.69) is 4.99 Å². The molecule has 0 spiro atoms. The lowest BCUT2D eigenvalue weighted by molar-refractivity contribution is -0.290. The van der Waals surface area contributed by atoms with E-state index in [1.807, 2.05) is 0 Å². The zero-order valence-electron chi connectivity index (χ0n) is 17.2. The number of alkyl halides is 3. The second-order valence-electron chi connectivity index (χ2n) is 7.88. The minimum Gasteiger partial charge on any atom is -0.455 e. The van der Waals surface area contributed by atoms with Crippen LogP contribution in [-0.2, 0) is 28.5 Å². The Balaban J connectivity index is 1.90. The Hall–Kier alpha value is -2.82. The first kappa shape index (κ1) is 22.9. The lowest BCUT2D eigenvalue weighted by Crippen LogP contribution is -2.63. The van der Waals surface area contributed by atoms with Crippen LogP contribution >= 0.6 is 0 Å². The van der Waals surface area contributed by atoms with Crippen LogP contribution in [0.15, 0.2) is 35.3 Å². The Morgan fingerprint density at radius 1 is 1.10 bits per heavy atom. The average Bonchev–Trinajstić information content (AvgIpc) is 3.05. The number of aliphatic imine (C=N–C) groups is 1. The summed E-state index contributed by atoms with van der Waals surface area (Å²) in [5.74, 6) is -2.67. The summed E-state index contributed by atoms with van der Waals surface area (Å²) in [5.41, 5.74) is -1.36. The minimum absolute atomic E-state index is 0.00449. The quantitative estimate of drug-likeness (QED) is 0.394. The fourth-order valence-electron chi connectivity index (χ4n) is 3.11. The molecule has 0 unspecified atom stereocenters. The number of halogens is 3. The van der Waals surface area contributed by atoms with Crippen LogP contribution in [0, 0.1) is 5.92 Å². The Kier molecular flexibility index (Phi) is 6.17. The van der Waals surface area contributed by atoms with Crippen molar-refractivity contribution >= 4 is 23.7 Å². The number of ether oxygens (including phenoxy) is 5. The monoisotopic (exact) mass is 445 g/mol. The number of para-hydroxylation sites is 1. The lowest BCUT2D eigenvalue weighted by Gasteiger charge is -2.45. The van der Waals surface area contributed by atoms with E-state index < -0.39 is 60.3 Å². The third-order valence-corrected chi connectivity index (χ3v) is 4.63. The van der Waals surface area contributed by atoms with Crippen molar-refractivity contribution in [2.75, 3.05) is 0 Å². The van der Waals surface area contributed by atoms with Gasteiger partial charge in [0.15, 0.2) is 12.2 Å². The fraction of sp³-hybridized carbons (Fsp3) is 0.550.